The van der Waals surface area contributed by atoms with Crippen LogP contribution in [0.1, 0.15) is 27.5 Å². The fourth-order valence-corrected chi connectivity index (χ4v) is 5.52. The van der Waals surface area contributed by atoms with Crippen molar-refractivity contribution in [2.45, 2.75) is 30.8 Å². The molecule has 2 saturated heterocycles. The van der Waals surface area contributed by atoms with Crippen molar-refractivity contribution in [3.05, 3.63) is 51.7 Å². The van der Waals surface area contributed by atoms with Crippen LogP contribution in [0.15, 0.2) is 29.6 Å². The highest BCUT2D eigenvalue weighted by molar-refractivity contribution is 8.01. The van der Waals surface area contributed by atoms with Crippen molar-refractivity contribution >= 4 is 29.0 Å². The molecule has 0 saturated carbocycles. The number of hydrogen-bond donors (Lipinski definition) is 0. The third-order valence-electron chi connectivity index (χ3n) is 4.65. The molecule has 2 aliphatic heterocycles. The van der Waals surface area contributed by atoms with E-state index in [0.29, 0.717) is 12.2 Å². The Bertz CT molecular complexity index is 772. The Balaban J connectivity index is 1.28. The summed E-state index contributed by atoms with van der Waals surface area (Å²) in [6.45, 7) is 4.03. The van der Waals surface area contributed by atoms with Gasteiger partial charge in [0.2, 0.25) is 0 Å². The average molecular weight is 378 g/mol. The van der Waals surface area contributed by atoms with Crippen LogP contribution >= 0.6 is 23.1 Å². The highest BCUT2D eigenvalue weighted by atomic mass is 32.2. The van der Waals surface area contributed by atoms with Crippen LogP contribution < -0.4 is 0 Å². The van der Waals surface area contributed by atoms with Gasteiger partial charge in [-0.2, -0.15) is 0 Å². The lowest BCUT2D eigenvalue weighted by atomic mass is 9.92. The van der Waals surface area contributed by atoms with E-state index in [-0.39, 0.29) is 22.6 Å². The number of carbonyl (C=O) groups is 1. The Morgan fingerprint density at radius 3 is 2.84 bits per heavy atom. The topological polar surface area (TPSA) is 42.4 Å². The first-order chi connectivity index (χ1) is 12.0. The minimum Gasteiger partial charge on any atom is -0.371 e. The van der Waals surface area contributed by atoms with Crippen LogP contribution in [-0.2, 0) is 11.3 Å². The Hall–Kier alpha value is -1.44. The van der Waals surface area contributed by atoms with Crippen molar-refractivity contribution in [1.82, 2.24) is 9.88 Å². The smallest absolute Gasteiger partial charge is 0.253 e. The number of rotatable bonds is 4. The number of aromatic nitrogens is 1. The molecule has 4 rings (SSSR count). The lowest BCUT2D eigenvalue weighted by Crippen LogP contribution is -2.60. The lowest BCUT2D eigenvalue weighted by Gasteiger charge is -2.47. The summed E-state index contributed by atoms with van der Waals surface area (Å²) in [4.78, 5) is 18.7. The normalized spacial score (nSPS) is 21.5. The van der Waals surface area contributed by atoms with Gasteiger partial charge in [-0.25, -0.2) is 9.37 Å². The van der Waals surface area contributed by atoms with Crippen LogP contribution in [0.2, 0.25) is 0 Å². The van der Waals surface area contributed by atoms with E-state index < -0.39 is 0 Å². The van der Waals surface area contributed by atoms with Gasteiger partial charge in [-0.15, -0.1) is 23.1 Å². The molecule has 1 unspecified atom stereocenters. The standard InChI is InChI=1S/C18H19FN2O2S2/c1-12-20-15(8-24-12)7-23-16-6-18(25-9-16)10-21(11-18)17(22)13-2-4-14(19)5-3-13/h2-5,8,16H,6-7,9-11H2,1H3. The molecule has 0 radical (unpaired) electrons. The monoisotopic (exact) mass is 378 g/mol. The predicted octanol–water partition coefficient (Wildman–Crippen LogP) is 3.51. The van der Waals surface area contributed by atoms with Gasteiger partial charge in [-0.3, -0.25) is 4.79 Å². The van der Waals surface area contributed by atoms with Gasteiger partial charge in [0, 0.05) is 29.8 Å². The van der Waals surface area contributed by atoms with Crippen molar-refractivity contribution in [3.63, 3.8) is 0 Å². The van der Waals surface area contributed by atoms with Crippen LogP contribution in [-0.4, -0.2) is 45.5 Å². The number of aryl methyl sites for hydroxylation is 1. The van der Waals surface area contributed by atoms with Gasteiger partial charge in [-0.05, 0) is 37.6 Å². The fraction of sp³-hybridized carbons (Fsp3) is 0.444. The SMILES string of the molecule is Cc1nc(COC2CSC3(C2)CN(C(=O)c2ccc(F)cc2)C3)cs1. The molecular formula is C18H19FN2O2S2. The van der Waals surface area contributed by atoms with E-state index in [0.717, 1.165) is 36.0 Å². The van der Waals surface area contributed by atoms with Crippen LogP contribution in [0.3, 0.4) is 0 Å². The summed E-state index contributed by atoms with van der Waals surface area (Å²) < 4.78 is 19.1. The Morgan fingerprint density at radius 2 is 2.16 bits per heavy atom. The van der Waals surface area contributed by atoms with Crippen LogP contribution in [0.25, 0.3) is 0 Å². The largest absolute Gasteiger partial charge is 0.371 e. The third-order valence-corrected chi connectivity index (χ3v) is 7.04. The van der Waals surface area contributed by atoms with Gasteiger partial charge in [0.1, 0.15) is 5.82 Å². The van der Waals surface area contributed by atoms with Gasteiger partial charge in [-0.1, -0.05) is 0 Å². The van der Waals surface area contributed by atoms with Gasteiger partial charge in [0.05, 0.1) is 28.2 Å². The number of hydrogen-bond acceptors (Lipinski definition) is 5. The van der Waals surface area contributed by atoms with Crippen LogP contribution in [0, 0.1) is 12.7 Å². The number of benzene rings is 1. The molecule has 1 aromatic heterocycles. The quantitative estimate of drug-likeness (QED) is 0.817. The summed E-state index contributed by atoms with van der Waals surface area (Å²) in [5, 5.41) is 3.10. The first-order valence-corrected chi connectivity index (χ1v) is 10.1. The summed E-state index contributed by atoms with van der Waals surface area (Å²) in [7, 11) is 0. The van der Waals surface area contributed by atoms with Crippen molar-refractivity contribution in [3.8, 4) is 0 Å². The lowest BCUT2D eigenvalue weighted by molar-refractivity contribution is 0.0246. The van der Waals surface area contributed by atoms with Gasteiger partial charge >= 0.3 is 0 Å². The first kappa shape index (κ1) is 17.0. The van der Waals surface area contributed by atoms with E-state index in [1.54, 1.807) is 23.5 Å². The van der Waals surface area contributed by atoms with E-state index in [2.05, 4.69) is 4.98 Å². The first-order valence-electron chi connectivity index (χ1n) is 8.24. The molecule has 7 heteroatoms. The van der Waals surface area contributed by atoms with E-state index in [4.69, 9.17) is 4.74 Å². The zero-order valence-electron chi connectivity index (χ0n) is 13.9. The number of carbonyl (C=O) groups excluding carboxylic acids is 1. The van der Waals surface area contributed by atoms with Crippen LogP contribution in [0.5, 0.6) is 0 Å². The third kappa shape index (κ3) is 3.59. The maximum atomic E-state index is 13.0. The van der Waals surface area contributed by atoms with Gasteiger partial charge in [0.15, 0.2) is 0 Å². The van der Waals surface area contributed by atoms with Crippen molar-refractivity contribution in [2.75, 3.05) is 18.8 Å². The number of likely N-dealkylation sites (tertiary alicyclic amines) is 1. The predicted molar refractivity (Wildman–Crippen MR) is 97.5 cm³/mol. The Labute approximate surface area is 154 Å². The molecule has 25 heavy (non-hydrogen) atoms. The summed E-state index contributed by atoms with van der Waals surface area (Å²) in [6.07, 6.45) is 1.18. The molecule has 0 aliphatic carbocycles. The zero-order valence-corrected chi connectivity index (χ0v) is 15.5. The molecular weight excluding hydrogens is 359 g/mol. The summed E-state index contributed by atoms with van der Waals surface area (Å²) >= 11 is 3.54. The van der Waals surface area contributed by atoms with Crippen molar-refractivity contribution in [1.29, 1.82) is 0 Å². The number of halogens is 1. The molecule has 2 fully saturated rings. The number of thiazole rings is 1. The Morgan fingerprint density at radius 1 is 1.40 bits per heavy atom. The zero-order chi connectivity index (χ0) is 17.4. The second-order valence-electron chi connectivity index (χ2n) is 6.66. The van der Waals surface area contributed by atoms with Crippen molar-refractivity contribution in [2.24, 2.45) is 0 Å². The van der Waals surface area contributed by atoms with Crippen LogP contribution in [0.4, 0.5) is 4.39 Å². The molecule has 132 valence electrons. The number of amides is 1. The maximum absolute atomic E-state index is 13.0. The maximum Gasteiger partial charge on any atom is 0.253 e. The average Bonchev–Trinajstić information content (AvgIpc) is 3.18. The number of thioether (sulfide) groups is 1. The molecule has 1 aromatic carbocycles. The summed E-state index contributed by atoms with van der Waals surface area (Å²) in [5.74, 6) is 0.619. The van der Waals surface area contributed by atoms with Crippen molar-refractivity contribution < 1.29 is 13.9 Å². The molecule has 0 bridgehead atoms. The minimum absolute atomic E-state index is 0.0199. The summed E-state index contributed by atoms with van der Waals surface area (Å²) in [6, 6.07) is 5.76. The minimum atomic E-state index is -0.321. The fourth-order valence-electron chi connectivity index (χ4n) is 3.38. The highest BCUT2D eigenvalue weighted by Gasteiger charge is 2.51. The number of ether oxygens (including phenoxy) is 1. The van der Waals surface area contributed by atoms with Gasteiger partial charge < -0.3 is 9.64 Å². The van der Waals surface area contributed by atoms with E-state index in [1.807, 2.05) is 29.0 Å². The van der Waals surface area contributed by atoms with E-state index in [9.17, 15) is 9.18 Å². The molecule has 2 aliphatic rings. The molecule has 1 atom stereocenters. The molecule has 4 nitrogen and oxygen atoms in total. The molecule has 1 spiro atoms. The molecule has 0 N–H and O–H groups in total. The molecule has 2 aromatic rings. The second kappa shape index (κ2) is 6.70. The van der Waals surface area contributed by atoms with E-state index in [1.165, 1.54) is 12.1 Å². The second-order valence-corrected chi connectivity index (χ2v) is 9.21. The Kier molecular flexibility index (Phi) is 4.56. The molecule has 1 amide bonds. The highest BCUT2D eigenvalue weighted by Crippen LogP contribution is 2.46. The van der Waals surface area contributed by atoms with E-state index >= 15 is 0 Å². The molecule has 3 heterocycles. The van der Waals surface area contributed by atoms with Gasteiger partial charge in [0.25, 0.3) is 5.91 Å². The number of nitrogens with zero attached hydrogens (tertiary/aromatic N) is 2. The summed E-state index contributed by atoms with van der Waals surface area (Å²) in [5.41, 5.74) is 1.54.